The second kappa shape index (κ2) is 33.8. The summed E-state index contributed by atoms with van der Waals surface area (Å²) in [5.41, 5.74) is 0. The molecular weight excluding hydrogens is 647 g/mol. The summed E-state index contributed by atoms with van der Waals surface area (Å²) in [5.74, 6) is -0.204. The van der Waals surface area contributed by atoms with Crippen LogP contribution in [0, 0.1) is 0 Å². The fourth-order valence-corrected chi connectivity index (χ4v) is 6.52. The van der Waals surface area contributed by atoms with Crippen LogP contribution >= 0.6 is 7.82 Å². The van der Waals surface area contributed by atoms with Crippen LogP contribution in [0.2, 0.25) is 0 Å². The molecule has 0 fully saturated rings. The standard InChI is InChI=1S/C41H81N2O6P/c1-6-8-10-12-14-15-16-17-18-19-20-21-22-23-24-25-26-27-29-31-33-35-41(45)42-39(40(44)34-32-30-28-13-11-9-7-2)38-49-50(46,47)48-37-36-43(3,4)5/h19-20,32,34,39-40,44H,6-18,21-31,33,35-38H2,1-5H3,(H-,42,45,46,47)/b20-19-,34-32+. The number of unbranched alkanes of at least 4 members (excludes halogenated alkanes) is 22. The Balaban J connectivity index is 4.21. The zero-order chi connectivity index (χ0) is 37.2. The van der Waals surface area contributed by atoms with Gasteiger partial charge >= 0.3 is 0 Å². The van der Waals surface area contributed by atoms with Gasteiger partial charge in [-0.2, -0.15) is 0 Å². The number of likely N-dealkylation sites (N-methyl/N-ethyl adjacent to an activating group) is 1. The molecule has 0 aromatic heterocycles. The lowest BCUT2D eigenvalue weighted by molar-refractivity contribution is -0.870. The van der Waals surface area contributed by atoms with E-state index in [1.807, 2.05) is 27.2 Å². The fourth-order valence-electron chi connectivity index (χ4n) is 5.79. The molecule has 0 aliphatic carbocycles. The van der Waals surface area contributed by atoms with E-state index in [2.05, 4.69) is 31.3 Å². The average Bonchev–Trinajstić information content (AvgIpc) is 3.06. The van der Waals surface area contributed by atoms with E-state index in [0.717, 1.165) is 38.5 Å². The Morgan fingerprint density at radius 2 is 1.10 bits per heavy atom. The van der Waals surface area contributed by atoms with Crippen molar-refractivity contribution in [3.05, 3.63) is 24.3 Å². The number of hydrogen-bond donors (Lipinski definition) is 2. The van der Waals surface area contributed by atoms with Crippen LogP contribution in [0.3, 0.4) is 0 Å². The molecule has 0 aliphatic heterocycles. The van der Waals surface area contributed by atoms with E-state index in [4.69, 9.17) is 9.05 Å². The largest absolute Gasteiger partial charge is 0.756 e. The van der Waals surface area contributed by atoms with Crippen LogP contribution < -0.4 is 10.2 Å². The molecule has 0 radical (unpaired) electrons. The molecular formula is C41H81N2O6P. The topological polar surface area (TPSA) is 108 Å². The van der Waals surface area contributed by atoms with Gasteiger partial charge in [-0.15, -0.1) is 0 Å². The lowest BCUT2D eigenvalue weighted by atomic mass is 10.0. The van der Waals surface area contributed by atoms with Crippen molar-refractivity contribution in [3.8, 4) is 0 Å². The Morgan fingerprint density at radius 1 is 0.680 bits per heavy atom. The molecule has 0 aliphatic rings. The number of rotatable bonds is 37. The minimum atomic E-state index is -4.57. The first kappa shape index (κ1) is 49.0. The molecule has 0 bridgehead atoms. The van der Waals surface area contributed by atoms with Gasteiger partial charge in [-0.3, -0.25) is 9.36 Å². The predicted octanol–water partition coefficient (Wildman–Crippen LogP) is 10.3. The van der Waals surface area contributed by atoms with Crippen molar-refractivity contribution in [3.63, 3.8) is 0 Å². The molecule has 0 rings (SSSR count). The van der Waals surface area contributed by atoms with Crippen molar-refractivity contribution < 1.29 is 32.9 Å². The SMILES string of the molecule is CCCCCCC/C=C/C(O)C(COP(=O)([O-])OCC[N+](C)(C)C)NC(=O)CCCCCCCCCCC/C=C\CCCCCCCCCC. The van der Waals surface area contributed by atoms with Crippen LogP contribution in [0.5, 0.6) is 0 Å². The first-order valence-electron chi connectivity index (χ1n) is 20.7. The van der Waals surface area contributed by atoms with E-state index < -0.39 is 20.0 Å². The summed E-state index contributed by atoms with van der Waals surface area (Å²) in [6, 6.07) is -0.881. The number of amides is 1. The van der Waals surface area contributed by atoms with E-state index >= 15 is 0 Å². The third kappa shape index (κ3) is 35.4. The third-order valence-corrected chi connectivity index (χ3v) is 10.1. The second-order valence-corrected chi connectivity index (χ2v) is 16.8. The Morgan fingerprint density at radius 3 is 1.56 bits per heavy atom. The van der Waals surface area contributed by atoms with Crippen molar-refractivity contribution in [2.45, 2.75) is 193 Å². The molecule has 296 valence electrons. The minimum Gasteiger partial charge on any atom is -0.756 e. The maximum atomic E-state index is 12.8. The average molecular weight is 729 g/mol. The number of nitrogens with one attached hydrogen (secondary N) is 1. The number of quaternary nitrogens is 1. The van der Waals surface area contributed by atoms with Crippen LogP contribution in [-0.4, -0.2) is 68.5 Å². The van der Waals surface area contributed by atoms with Gasteiger partial charge in [0.2, 0.25) is 5.91 Å². The number of phosphoric ester groups is 1. The highest BCUT2D eigenvalue weighted by molar-refractivity contribution is 7.45. The number of nitrogens with zero attached hydrogens (tertiary/aromatic N) is 1. The summed E-state index contributed by atoms with van der Waals surface area (Å²) in [6.45, 7) is 4.57. The highest BCUT2D eigenvalue weighted by atomic mass is 31.2. The molecule has 9 heteroatoms. The Kier molecular flexibility index (Phi) is 33.1. The number of carbonyl (C=O) groups excluding carboxylic acids is 1. The Hall–Kier alpha value is -1.02. The van der Waals surface area contributed by atoms with Crippen LogP contribution in [0.15, 0.2) is 24.3 Å². The van der Waals surface area contributed by atoms with E-state index in [-0.39, 0.29) is 19.1 Å². The number of hydrogen-bond acceptors (Lipinski definition) is 6. The van der Waals surface area contributed by atoms with Crippen LogP contribution in [0.4, 0.5) is 0 Å². The van der Waals surface area contributed by atoms with Crippen LogP contribution in [0.1, 0.15) is 181 Å². The van der Waals surface area contributed by atoms with Crippen molar-refractivity contribution in [1.29, 1.82) is 0 Å². The smallest absolute Gasteiger partial charge is 0.268 e. The summed E-state index contributed by atoms with van der Waals surface area (Å²) in [4.78, 5) is 25.1. The zero-order valence-electron chi connectivity index (χ0n) is 33.4. The molecule has 0 spiro atoms. The number of allylic oxidation sites excluding steroid dienone is 3. The molecule has 1 amide bonds. The molecule has 0 aromatic carbocycles. The van der Waals surface area contributed by atoms with E-state index in [1.165, 1.54) is 122 Å². The van der Waals surface area contributed by atoms with E-state index in [9.17, 15) is 19.4 Å². The minimum absolute atomic E-state index is 0.00113. The molecule has 3 atom stereocenters. The Labute approximate surface area is 309 Å². The third-order valence-electron chi connectivity index (χ3n) is 9.16. The number of aliphatic hydroxyl groups is 1. The first-order chi connectivity index (χ1) is 24.0. The molecule has 0 saturated carbocycles. The summed E-state index contributed by atoms with van der Waals surface area (Å²) < 4.78 is 23.0. The molecule has 8 nitrogen and oxygen atoms in total. The summed E-state index contributed by atoms with van der Waals surface area (Å²) in [7, 11) is 1.26. The Bertz CT molecular complexity index is 876. The molecule has 0 aromatic rings. The molecule has 50 heavy (non-hydrogen) atoms. The van der Waals surface area contributed by atoms with Gasteiger partial charge in [-0.1, -0.05) is 154 Å². The van der Waals surface area contributed by atoms with Gasteiger partial charge in [0.25, 0.3) is 7.82 Å². The van der Waals surface area contributed by atoms with Crippen molar-refractivity contribution in [2.75, 3.05) is 40.9 Å². The fraction of sp³-hybridized carbons (Fsp3) is 0.878. The van der Waals surface area contributed by atoms with Gasteiger partial charge in [0, 0.05) is 6.42 Å². The molecule has 0 saturated heterocycles. The van der Waals surface area contributed by atoms with Crippen LogP contribution in [0.25, 0.3) is 0 Å². The predicted molar refractivity (Wildman–Crippen MR) is 210 cm³/mol. The summed E-state index contributed by atoms with van der Waals surface area (Å²) in [5, 5.41) is 13.6. The highest BCUT2D eigenvalue weighted by Gasteiger charge is 2.23. The second-order valence-electron chi connectivity index (χ2n) is 15.3. The van der Waals surface area contributed by atoms with Gasteiger partial charge in [-0.25, -0.2) is 0 Å². The molecule has 0 heterocycles. The van der Waals surface area contributed by atoms with Crippen molar-refractivity contribution in [2.24, 2.45) is 0 Å². The lowest BCUT2D eigenvalue weighted by Crippen LogP contribution is -2.45. The maximum Gasteiger partial charge on any atom is 0.268 e. The highest BCUT2D eigenvalue weighted by Crippen LogP contribution is 2.38. The summed E-state index contributed by atoms with van der Waals surface area (Å²) in [6.07, 6.45) is 38.2. The zero-order valence-corrected chi connectivity index (χ0v) is 34.2. The normalized spacial score (nSPS) is 14.8. The first-order valence-corrected chi connectivity index (χ1v) is 22.2. The maximum absolute atomic E-state index is 12.8. The van der Waals surface area contributed by atoms with Gasteiger partial charge in [0.15, 0.2) is 0 Å². The van der Waals surface area contributed by atoms with Crippen molar-refractivity contribution in [1.82, 2.24) is 5.32 Å². The van der Waals surface area contributed by atoms with Crippen LogP contribution in [-0.2, 0) is 18.4 Å². The number of carbonyl (C=O) groups is 1. The van der Waals surface area contributed by atoms with E-state index in [1.54, 1.807) is 6.08 Å². The number of aliphatic hydroxyl groups excluding tert-OH is 1. The van der Waals surface area contributed by atoms with Gasteiger partial charge < -0.3 is 28.8 Å². The summed E-state index contributed by atoms with van der Waals surface area (Å²) >= 11 is 0. The molecule has 3 unspecified atom stereocenters. The van der Waals surface area contributed by atoms with Gasteiger partial charge in [-0.05, 0) is 44.9 Å². The van der Waals surface area contributed by atoms with E-state index in [0.29, 0.717) is 17.4 Å². The quantitative estimate of drug-likeness (QED) is 0.0285. The van der Waals surface area contributed by atoms with Gasteiger partial charge in [0.05, 0.1) is 39.9 Å². The van der Waals surface area contributed by atoms with Crippen molar-refractivity contribution >= 4 is 13.7 Å². The van der Waals surface area contributed by atoms with Gasteiger partial charge in [0.1, 0.15) is 13.2 Å². The monoisotopic (exact) mass is 729 g/mol. The number of phosphoric acid groups is 1. The lowest BCUT2D eigenvalue weighted by Gasteiger charge is -2.29. The molecule has 2 N–H and O–H groups in total.